The summed E-state index contributed by atoms with van der Waals surface area (Å²) in [5.74, 6) is 0.665. The lowest BCUT2D eigenvalue weighted by atomic mass is 10.1. The molecule has 0 saturated carbocycles. The van der Waals surface area contributed by atoms with Crippen LogP contribution in [-0.2, 0) is 11.2 Å². The van der Waals surface area contributed by atoms with Crippen molar-refractivity contribution in [2.75, 3.05) is 26.8 Å². The van der Waals surface area contributed by atoms with Crippen LogP contribution in [0.4, 0.5) is 4.79 Å². The Morgan fingerprint density at radius 2 is 2.07 bits per heavy atom. The number of hydrogen-bond donors (Lipinski definition) is 1. The van der Waals surface area contributed by atoms with Gasteiger partial charge in [0.1, 0.15) is 5.75 Å². The number of ether oxygens (including phenoxy) is 2. The standard InChI is InChI=1S/C20H25N3O5/c1-3-27-20(25)23-9-7-15(8-10-23)21-19(24)18-13-16(22-28-18)11-14-5-4-6-17(12-14)26-2/h4-6,12-13,15H,3,7-11H2,1-2H3,(H,21,24). The van der Waals surface area contributed by atoms with E-state index in [0.29, 0.717) is 44.7 Å². The Morgan fingerprint density at radius 1 is 1.29 bits per heavy atom. The van der Waals surface area contributed by atoms with Crippen LogP contribution in [0.25, 0.3) is 0 Å². The van der Waals surface area contributed by atoms with Gasteiger partial charge < -0.3 is 24.2 Å². The van der Waals surface area contributed by atoms with Crippen LogP contribution >= 0.6 is 0 Å². The van der Waals surface area contributed by atoms with Crippen molar-refractivity contribution >= 4 is 12.0 Å². The molecule has 0 unspecified atom stereocenters. The van der Waals surface area contributed by atoms with Crippen molar-refractivity contribution in [1.29, 1.82) is 0 Å². The van der Waals surface area contributed by atoms with E-state index in [0.717, 1.165) is 11.3 Å². The number of hydrogen-bond acceptors (Lipinski definition) is 6. The van der Waals surface area contributed by atoms with E-state index < -0.39 is 0 Å². The van der Waals surface area contributed by atoms with Crippen molar-refractivity contribution in [3.63, 3.8) is 0 Å². The average Bonchev–Trinajstić information content (AvgIpc) is 3.17. The van der Waals surface area contributed by atoms with Gasteiger partial charge >= 0.3 is 6.09 Å². The number of carbonyl (C=O) groups excluding carboxylic acids is 2. The molecular formula is C20H25N3O5. The molecule has 2 aromatic rings. The first kappa shape index (κ1) is 19.7. The lowest BCUT2D eigenvalue weighted by Gasteiger charge is -2.31. The zero-order valence-electron chi connectivity index (χ0n) is 16.1. The van der Waals surface area contributed by atoms with E-state index in [4.69, 9.17) is 14.0 Å². The SMILES string of the molecule is CCOC(=O)N1CCC(NC(=O)c2cc(Cc3cccc(OC)c3)no2)CC1. The summed E-state index contributed by atoms with van der Waals surface area (Å²) in [5.41, 5.74) is 1.70. The lowest BCUT2D eigenvalue weighted by Crippen LogP contribution is -2.46. The summed E-state index contributed by atoms with van der Waals surface area (Å²) in [5, 5.41) is 6.94. The van der Waals surface area contributed by atoms with Crippen LogP contribution in [0.5, 0.6) is 5.75 Å². The quantitative estimate of drug-likeness (QED) is 0.819. The number of amides is 2. The number of rotatable bonds is 6. The van der Waals surface area contributed by atoms with E-state index in [1.807, 2.05) is 24.3 Å². The van der Waals surface area contributed by atoms with Crippen molar-refractivity contribution in [3.05, 3.63) is 47.3 Å². The van der Waals surface area contributed by atoms with Crippen LogP contribution in [0.3, 0.4) is 0 Å². The molecule has 8 heteroatoms. The maximum absolute atomic E-state index is 12.4. The first-order valence-corrected chi connectivity index (χ1v) is 9.40. The molecule has 1 aliphatic rings. The Kier molecular flexibility index (Phi) is 6.52. The van der Waals surface area contributed by atoms with Gasteiger partial charge in [0, 0.05) is 31.6 Å². The predicted molar refractivity (Wildman–Crippen MR) is 101 cm³/mol. The van der Waals surface area contributed by atoms with Gasteiger partial charge in [-0.05, 0) is 37.5 Å². The summed E-state index contributed by atoms with van der Waals surface area (Å²) >= 11 is 0. The van der Waals surface area contributed by atoms with E-state index in [-0.39, 0.29) is 23.8 Å². The van der Waals surface area contributed by atoms with Gasteiger partial charge in [-0.2, -0.15) is 0 Å². The molecule has 1 saturated heterocycles. The molecule has 3 rings (SSSR count). The van der Waals surface area contributed by atoms with Gasteiger partial charge in [0.25, 0.3) is 5.91 Å². The highest BCUT2D eigenvalue weighted by Crippen LogP contribution is 2.17. The zero-order valence-corrected chi connectivity index (χ0v) is 16.1. The largest absolute Gasteiger partial charge is 0.497 e. The molecule has 2 amide bonds. The van der Waals surface area contributed by atoms with Crippen molar-refractivity contribution in [3.8, 4) is 5.75 Å². The Hall–Kier alpha value is -3.03. The number of piperidine rings is 1. The molecule has 1 fully saturated rings. The first-order valence-electron chi connectivity index (χ1n) is 9.40. The summed E-state index contributed by atoms with van der Waals surface area (Å²) in [7, 11) is 1.62. The molecule has 2 heterocycles. The summed E-state index contributed by atoms with van der Waals surface area (Å²) in [4.78, 5) is 25.8. The summed E-state index contributed by atoms with van der Waals surface area (Å²) in [6.07, 6.45) is 1.60. The third-order valence-electron chi connectivity index (χ3n) is 4.66. The summed E-state index contributed by atoms with van der Waals surface area (Å²) < 4.78 is 15.4. The van der Waals surface area contributed by atoms with Crippen LogP contribution in [0.15, 0.2) is 34.9 Å². The highest BCUT2D eigenvalue weighted by Gasteiger charge is 2.25. The molecule has 0 radical (unpaired) electrons. The molecule has 0 bridgehead atoms. The topological polar surface area (TPSA) is 93.9 Å². The molecule has 8 nitrogen and oxygen atoms in total. The number of carbonyl (C=O) groups is 2. The molecule has 0 aliphatic carbocycles. The second-order valence-electron chi connectivity index (χ2n) is 6.64. The molecular weight excluding hydrogens is 362 g/mol. The van der Waals surface area contributed by atoms with Gasteiger partial charge in [-0.1, -0.05) is 17.3 Å². The third kappa shape index (κ3) is 5.03. The van der Waals surface area contributed by atoms with Crippen LogP contribution < -0.4 is 10.1 Å². The van der Waals surface area contributed by atoms with Crippen molar-refractivity contribution in [1.82, 2.24) is 15.4 Å². The maximum Gasteiger partial charge on any atom is 0.409 e. The Bertz CT molecular complexity index is 812. The monoisotopic (exact) mass is 387 g/mol. The van der Waals surface area contributed by atoms with Gasteiger partial charge in [0.2, 0.25) is 5.76 Å². The van der Waals surface area contributed by atoms with Crippen molar-refractivity contribution < 1.29 is 23.6 Å². The van der Waals surface area contributed by atoms with Crippen LogP contribution in [-0.4, -0.2) is 54.9 Å². The first-order chi connectivity index (χ1) is 13.6. The number of nitrogens with zero attached hydrogens (tertiary/aromatic N) is 2. The van der Waals surface area contributed by atoms with E-state index in [2.05, 4.69) is 10.5 Å². The zero-order chi connectivity index (χ0) is 19.9. The van der Waals surface area contributed by atoms with Gasteiger partial charge in [0.05, 0.1) is 19.4 Å². The second kappa shape index (κ2) is 9.25. The maximum atomic E-state index is 12.4. The van der Waals surface area contributed by atoms with Gasteiger partial charge in [-0.3, -0.25) is 4.79 Å². The highest BCUT2D eigenvalue weighted by molar-refractivity contribution is 5.91. The minimum atomic E-state index is -0.301. The lowest BCUT2D eigenvalue weighted by molar-refractivity contribution is 0.0834. The fourth-order valence-corrected chi connectivity index (χ4v) is 3.17. The van der Waals surface area contributed by atoms with Crippen LogP contribution in [0.2, 0.25) is 0 Å². The van der Waals surface area contributed by atoms with Crippen LogP contribution in [0.1, 0.15) is 41.6 Å². The number of likely N-dealkylation sites (tertiary alicyclic amines) is 1. The molecule has 1 aromatic heterocycles. The minimum Gasteiger partial charge on any atom is -0.497 e. The number of nitrogens with one attached hydrogen (secondary N) is 1. The molecule has 1 aliphatic heterocycles. The van der Waals surface area contributed by atoms with Crippen LogP contribution in [0, 0.1) is 0 Å². The van der Waals surface area contributed by atoms with E-state index >= 15 is 0 Å². The van der Waals surface area contributed by atoms with Crippen molar-refractivity contribution in [2.45, 2.75) is 32.2 Å². The third-order valence-corrected chi connectivity index (χ3v) is 4.66. The fraction of sp³-hybridized carbons (Fsp3) is 0.450. The number of methoxy groups -OCH3 is 1. The molecule has 150 valence electrons. The summed E-state index contributed by atoms with van der Waals surface area (Å²) in [6.45, 7) is 3.26. The van der Waals surface area contributed by atoms with Gasteiger partial charge in [-0.15, -0.1) is 0 Å². The predicted octanol–water partition coefficient (Wildman–Crippen LogP) is 2.62. The molecule has 28 heavy (non-hydrogen) atoms. The minimum absolute atomic E-state index is 0.00916. The van der Waals surface area contributed by atoms with Gasteiger partial charge in [-0.25, -0.2) is 4.79 Å². The smallest absolute Gasteiger partial charge is 0.409 e. The fourth-order valence-electron chi connectivity index (χ4n) is 3.17. The molecule has 0 spiro atoms. The number of benzene rings is 1. The molecule has 0 atom stereocenters. The number of aromatic nitrogens is 1. The second-order valence-corrected chi connectivity index (χ2v) is 6.64. The Balaban J connectivity index is 1.51. The molecule has 1 aromatic carbocycles. The van der Waals surface area contributed by atoms with Gasteiger partial charge in [0.15, 0.2) is 0 Å². The molecule has 1 N–H and O–H groups in total. The Labute approximate surface area is 163 Å². The average molecular weight is 387 g/mol. The van der Waals surface area contributed by atoms with E-state index in [1.165, 1.54) is 0 Å². The Morgan fingerprint density at radius 3 is 2.79 bits per heavy atom. The normalized spacial score (nSPS) is 14.6. The summed E-state index contributed by atoms with van der Waals surface area (Å²) in [6, 6.07) is 9.32. The van der Waals surface area contributed by atoms with E-state index in [9.17, 15) is 9.59 Å². The highest BCUT2D eigenvalue weighted by atomic mass is 16.6. The van der Waals surface area contributed by atoms with E-state index in [1.54, 1.807) is 25.0 Å². The van der Waals surface area contributed by atoms with Crippen molar-refractivity contribution in [2.24, 2.45) is 0 Å².